The number of para-hydroxylation sites is 3. The summed E-state index contributed by atoms with van der Waals surface area (Å²) in [6.45, 7) is 0.372. The summed E-state index contributed by atoms with van der Waals surface area (Å²) in [4.78, 5) is 7.80. The molecule has 0 bridgehead atoms. The van der Waals surface area contributed by atoms with E-state index in [2.05, 4.69) is 20.2 Å². The summed E-state index contributed by atoms with van der Waals surface area (Å²) in [5, 5.41) is 7.28. The summed E-state index contributed by atoms with van der Waals surface area (Å²) in [6, 6.07) is 25.6. The molecular formula is C22H17N5OS. The Morgan fingerprint density at radius 1 is 0.897 bits per heavy atom. The lowest BCUT2D eigenvalue weighted by atomic mass is 10.2. The van der Waals surface area contributed by atoms with Gasteiger partial charge in [0.15, 0.2) is 10.6 Å². The first kappa shape index (κ1) is 17.4. The molecule has 5 rings (SSSR count). The highest BCUT2D eigenvalue weighted by Crippen LogP contribution is 2.24. The van der Waals surface area contributed by atoms with Crippen LogP contribution >= 0.6 is 12.2 Å². The van der Waals surface area contributed by atoms with E-state index >= 15 is 0 Å². The van der Waals surface area contributed by atoms with E-state index in [0.717, 1.165) is 39.7 Å². The molecule has 0 radical (unpaired) electrons. The van der Waals surface area contributed by atoms with Crippen LogP contribution in [0.25, 0.3) is 28.1 Å². The number of nitrogens with zero attached hydrogens (tertiary/aromatic N) is 3. The first-order valence-corrected chi connectivity index (χ1v) is 9.58. The molecule has 0 amide bonds. The lowest BCUT2D eigenvalue weighted by molar-refractivity contribution is 0.297. The molecule has 2 heterocycles. The van der Waals surface area contributed by atoms with Gasteiger partial charge < -0.3 is 9.72 Å². The third-order valence-corrected chi connectivity index (χ3v) is 4.89. The van der Waals surface area contributed by atoms with E-state index < -0.39 is 0 Å². The van der Waals surface area contributed by atoms with E-state index in [1.165, 1.54) is 0 Å². The molecular weight excluding hydrogens is 382 g/mol. The van der Waals surface area contributed by atoms with Gasteiger partial charge in [0.25, 0.3) is 0 Å². The van der Waals surface area contributed by atoms with Crippen LogP contribution in [0.5, 0.6) is 5.75 Å². The van der Waals surface area contributed by atoms with Crippen molar-refractivity contribution in [3.05, 3.63) is 89.5 Å². The predicted molar refractivity (Wildman–Crippen MR) is 115 cm³/mol. The minimum atomic E-state index is 0.372. The van der Waals surface area contributed by atoms with Gasteiger partial charge in [0, 0.05) is 11.3 Å². The minimum Gasteiger partial charge on any atom is -0.486 e. The number of ether oxygens (including phenoxy) is 1. The number of benzene rings is 3. The highest BCUT2D eigenvalue weighted by atomic mass is 32.1. The van der Waals surface area contributed by atoms with Crippen molar-refractivity contribution in [3.63, 3.8) is 0 Å². The number of aromatic amines is 2. The van der Waals surface area contributed by atoms with E-state index in [1.807, 2.05) is 83.4 Å². The number of H-pyrrole nitrogens is 2. The molecule has 6 nitrogen and oxygen atoms in total. The lowest BCUT2D eigenvalue weighted by Gasteiger charge is -2.08. The van der Waals surface area contributed by atoms with Gasteiger partial charge in [0.2, 0.25) is 0 Å². The first-order valence-electron chi connectivity index (χ1n) is 9.18. The molecule has 0 unspecified atom stereocenters. The van der Waals surface area contributed by atoms with Gasteiger partial charge in [-0.25, -0.2) is 4.98 Å². The van der Waals surface area contributed by atoms with Crippen LogP contribution in [0.3, 0.4) is 0 Å². The number of aromatic nitrogens is 5. The lowest BCUT2D eigenvalue weighted by Crippen LogP contribution is -1.99. The van der Waals surface area contributed by atoms with Gasteiger partial charge in [0.05, 0.1) is 11.0 Å². The average Bonchev–Trinajstić information content (AvgIpc) is 3.36. The van der Waals surface area contributed by atoms with Gasteiger partial charge in [-0.2, -0.15) is 5.10 Å². The molecule has 142 valence electrons. The highest BCUT2D eigenvalue weighted by molar-refractivity contribution is 7.71. The van der Waals surface area contributed by atoms with Gasteiger partial charge in [-0.15, -0.1) is 0 Å². The molecule has 5 aromatic rings. The topological polar surface area (TPSA) is 71.5 Å². The van der Waals surface area contributed by atoms with E-state index in [0.29, 0.717) is 11.4 Å². The van der Waals surface area contributed by atoms with Crippen LogP contribution in [0.15, 0.2) is 78.9 Å². The van der Waals surface area contributed by atoms with Crippen molar-refractivity contribution >= 4 is 23.3 Å². The number of imidazole rings is 1. The van der Waals surface area contributed by atoms with Crippen LogP contribution in [-0.4, -0.2) is 24.7 Å². The monoisotopic (exact) mass is 399 g/mol. The molecule has 7 heteroatoms. The Hall–Kier alpha value is -3.71. The zero-order chi connectivity index (χ0) is 19.6. The summed E-state index contributed by atoms with van der Waals surface area (Å²) in [6.07, 6.45) is 0. The van der Waals surface area contributed by atoms with Crippen LogP contribution in [0.4, 0.5) is 0 Å². The quantitative estimate of drug-likeness (QED) is 0.406. The maximum Gasteiger partial charge on any atom is 0.200 e. The van der Waals surface area contributed by atoms with Crippen molar-refractivity contribution in [2.45, 2.75) is 6.61 Å². The molecule has 0 atom stereocenters. The standard InChI is InChI=1S/C22H17N5OS/c29-22-26-25-21(27(22)16-6-2-1-3-7-16)15-10-12-17(13-11-15)28-14-20-23-18-8-4-5-9-19(18)24-20/h1-13H,14H2,(H,23,24)(H,26,29). The Kier molecular flexibility index (Phi) is 4.42. The Labute approximate surface area is 171 Å². The Bertz CT molecular complexity index is 1290. The van der Waals surface area contributed by atoms with Crippen molar-refractivity contribution in [1.29, 1.82) is 0 Å². The first-order chi connectivity index (χ1) is 14.3. The fourth-order valence-electron chi connectivity index (χ4n) is 3.23. The normalized spacial score (nSPS) is 11.0. The molecule has 0 aliphatic rings. The van der Waals surface area contributed by atoms with Crippen LogP contribution in [0.1, 0.15) is 5.82 Å². The molecule has 0 saturated heterocycles. The molecule has 0 fully saturated rings. The van der Waals surface area contributed by atoms with E-state index in [-0.39, 0.29) is 0 Å². The molecule has 0 saturated carbocycles. The van der Waals surface area contributed by atoms with Crippen LogP contribution in [0.2, 0.25) is 0 Å². The van der Waals surface area contributed by atoms with Crippen molar-refractivity contribution in [3.8, 4) is 22.8 Å². The molecule has 2 N–H and O–H groups in total. The van der Waals surface area contributed by atoms with E-state index in [9.17, 15) is 0 Å². The fraction of sp³-hybridized carbons (Fsp3) is 0.0455. The van der Waals surface area contributed by atoms with Crippen LogP contribution < -0.4 is 4.74 Å². The Morgan fingerprint density at radius 3 is 2.45 bits per heavy atom. The van der Waals surface area contributed by atoms with Crippen molar-refractivity contribution in [1.82, 2.24) is 24.7 Å². The van der Waals surface area contributed by atoms with Crippen molar-refractivity contribution < 1.29 is 4.74 Å². The van der Waals surface area contributed by atoms with E-state index in [1.54, 1.807) is 0 Å². The second kappa shape index (κ2) is 7.37. The number of hydrogen-bond donors (Lipinski definition) is 2. The molecule has 0 aliphatic heterocycles. The predicted octanol–water partition coefficient (Wildman–Crippen LogP) is 5.05. The fourth-order valence-corrected chi connectivity index (χ4v) is 3.47. The Balaban J connectivity index is 1.36. The summed E-state index contributed by atoms with van der Waals surface area (Å²) in [5.41, 5.74) is 3.85. The van der Waals surface area contributed by atoms with Crippen LogP contribution in [-0.2, 0) is 6.61 Å². The minimum absolute atomic E-state index is 0.372. The number of nitrogens with one attached hydrogen (secondary N) is 2. The van der Waals surface area contributed by atoms with Crippen molar-refractivity contribution in [2.24, 2.45) is 0 Å². The van der Waals surface area contributed by atoms with Gasteiger partial charge in [-0.05, 0) is 60.7 Å². The molecule has 2 aromatic heterocycles. The van der Waals surface area contributed by atoms with Gasteiger partial charge >= 0.3 is 0 Å². The van der Waals surface area contributed by atoms with Gasteiger partial charge in [0.1, 0.15) is 18.2 Å². The SMILES string of the molecule is S=c1[nH]nc(-c2ccc(OCc3nc4ccccc4[nH]3)cc2)n1-c1ccccc1. The van der Waals surface area contributed by atoms with Crippen molar-refractivity contribution in [2.75, 3.05) is 0 Å². The number of hydrogen-bond acceptors (Lipinski definition) is 4. The smallest absolute Gasteiger partial charge is 0.200 e. The highest BCUT2D eigenvalue weighted by Gasteiger charge is 2.11. The number of rotatable bonds is 5. The third kappa shape index (κ3) is 3.43. The summed E-state index contributed by atoms with van der Waals surface area (Å²) in [7, 11) is 0. The maximum absolute atomic E-state index is 5.88. The third-order valence-electron chi connectivity index (χ3n) is 4.61. The van der Waals surface area contributed by atoms with Gasteiger partial charge in [-0.3, -0.25) is 9.67 Å². The molecule has 3 aromatic carbocycles. The summed E-state index contributed by atoms with van der Waals surface area (Å²) < 4.78 is 8.35. The summed E-state index contributed by atoms with van der Waals surface area (Å²) in [5.74, 6) is 2.31. The molecule has 0 spiro atoms. The Morgan fingerprint density at radius 2 is 1.66 bits per heavy atom. The largest absolute Gasteiger partial charge is 0.486 e. The van der Waals surface area contributed by atoms with E-state index in [4.69, 9.17) is 17.0 Å². The van der Waals surface area contributed by atoms with Gasteiger partial charge in [-0.1, -0.05) is 30.3 Å². The average molecular weight is 399 g/mol. The number of fused-ring (bicyclic) bond motifs is 1. The van der Waals surface area contributed by atoms with Crippen LogP contribution in [0, 0.1) is 4.77 Å². The summed E-state index contributed by atoms with van der Waals surface area (Å²) >= 11 is 5.41. The maximum atomic E-state index is 5.88. The zero-order valence-electron chi connectivity index (χ0n) is 15.4. The molecule has 0 aliphatic carbocycles. The second-order valence-corrected chi connectivity index (χ2v) is 6.92. The second-order valence-electron chi connectivity index (χ2n) is 6.54. The zero-order valence-corrected chi connectivity index (χ0v) is 16.2. The molecule has 29 heavy (non-hydrogen) atoms.